The Labute approximate surface area is 122 Å². The van der Waals surface area contributed by atoms with Crippen molar-refractivity contribution in [3.8, 4) is 10.4 Å². The molecule has 0 unspecified atom stereocenters. The molecule has 1 N–H and O–H groups in total. The minimum absolute atomic E-state index is 0.0124. The van der Waals surface area contributed by atoms with Crippen LogP contribution in [0.3, 0.4) is 0 Å². The van der Waals surface area contributed by atoms with Crippen LogP contribution in [0.5, 0.6) is 0 Å². The summed E-state index contributed by atoms with van der Waals surface area (Å²) in [4.78, 5) is 8.02. The quantitative estimate of drug-likeness (QED) is 0.745. The third-order valence-electron chi connectivity index (χ3n) is 2.96. The van der Waals surface area contributed by atoms with Crippen LogP contribution in [0.4, 0.5) is 18.3 Å². The maximum absolute atomic E-state index is 13.0. The summed E-state index contributed by atoms with van der Waals surface area (Å²) in [5, 5.41) is 0.125. The second-order valence-corrected chi connectivity index (χ2v) is 6.05. The molecule has 2 aromatic rings. The Kier molecular flexibility index (Phi) is 3.68. The standard InChI is InChI=1S/C12H10ClF3N3S/c1-11(2,12(14,15)16)7-5-6(3-4-18-7)8-9(13)19-10(17)20-8/h3-5H,1-2H3,(H-,17,19)/q-1. The Balaban J connectivity index is 2.51. The molecule has 8 heteroatoms. The van der Waals surface area contributed by atoms with Crippen molar-refractivity contribution in [2.24, 2.45) is 0 Å². The first-order valence-corrected chi connectivity index (χ1v) is 6.74. The van der Waals surface area contributed by atoms with Crippen molar-refractivity contribution in [1.29, 1.82) is 0 Å². The number of pyridine rings is 1. The van der Waals surface area contributed by atoms with Gasteiger partial charge in [-0.3, -0.25) is 4.98 Å². The lowest BCUT2D eigenvalue weighted by molar-refractivity contribution is -0.181. The van der Waals surface area contributed by atoms with E-state index in [1.165, 1.54) is 12.3 Å². The van der Waals surface area contributed by atoms with E-state index in [2.05, 4.69) is 9.97 Å². The third kappa shape index (κ3) is 2.60. The fourth-order valence-corrected chi connectivity index (χ4v) is 2.60. The summed E-state index contributed by atoms with van der Waals surface area (Å²) in [6, 6.07) is 2.89. The van der Waals surface area contributed by atoms with Crippen LogP contribution in [0.15, 0.2) is 18.3 Å². The van der Waals surface area contributed by atoms with E-state index in [1.807, 2.05) is 0 Å². The predicted molar refractivity (Wildman–Crippen MR) is 73.4 cm³/mol. The average Bonchev–Trinajstić information content (AvgIpc) is 2.67. The maximum atomic E-state index is 13.0. The average molecular weight is 321 g/mol. The second-order valence-electron chi connectivity index (χ2n) is 4.69. The van der Waals surface area contributed by atoms with Crippen LogP contribution in [0.1, 0.15) is 19.5 Å². The lowest BCUT2D eigenvalue weighted by atomic mass is 9.87. The summed E-state index contributed by atoms with van der Waals surface area (Å²) in [7, 11) is 0. The summed E-state index contributed by atoms with van der Waals surface area (Å²) in [5.41, 5.74) is 5.72. The summed E-state index contributed by atoms with van der Waals surface area (Å²) in [6.45, 7) is 2.15. The molecule has 0 aromatic carbocycles. The monoisotopic (exact) mass is 320 g/mol. The van der Waals surface area contributed by atoms with Crippen molar-refractivity contribution >= 4 is 28.1 Å². The summed E-state index contributed by atoms with van der Waals surface area (Å²) in [5.74, 6) is 0. The predicted octanol–water partition coefficient (Wildman–Crippen LogP) is 5.38. The zero-order valence-corrected chi connectivity index (χ0v) is 12.1. The normalized spacial score (nSPS) is 12.7. The van der Waals surface area contributed by atoms with Crippen LogP contribution in [0.25, 0.3) is 16.2 Å². The van der Waals surface area contributed by atoms with Crippen LogP contribution < -0.4 is 0 Å². The van der Waals surface area contributed by atoms with Crippen LogP contribution in [0.2, 0.25) is 5.15 Å². The van der Waals surface area contributed by atoms with Gasteiger partial charge in [-0.2, -0.15) is 13.2 Å². The molecule has 0 saturated heterocycles. The summed E-state index contributed by atoms with van der Waals surface area (Å²) < 4.78 is 39.1. The fourth-order valence-electron chi connectivity index (χ4n) is 1.54. The number of halogens is 4. The molecule has 0 amide bonds. The van der Waals surface area contributed by atoms with E-state index in [-0.39, 0.29) is 16.0 Å². The molecule has 20 heavy (non-hydrogen) atoms. The SMILES string of the molecule is CC(C)(c1cc(-c2sc([NH-])nc2Cl)ccn1)C(F)(F)F. The van der Waals surface area contributed by atoms with E-state index in [1.54, 1.807) is 6.07 Å². The number of hydrogen-bond acceptors (Lipinski definition) is 3. The van der Waals surface area contributed by atoms with E-state index >= 15 is 0 Å². The molecule has 0 spiro atoms. The number of hydrogen-bond donors (Lipinski definition) is 0. The summed E-state index contributed by atoms with van der Waals surface area (Å²) >= 11 is 6.88. The van der Waals surface area contributed by atoms with E-state index < -0.39 is 11.6 Å². The van der Waals surface area contributed by atoms with Gasteiger partial charge < -0.3 is 10.7 Å². The van der Waals surface area contributed by atoms with Gasteiger partial charge in [-0.1, -0.05) is 11.6 Å². The first-order valence-electron chi connectivity index (χ1n) is 5.54. The van der Waals surface area contributed by atoms with E-state index in [4.69, 9.17) is 17.3 Å². The molecule has 0 bridgehead atoms. The molecule has 2 heterocycles. The number of nitrogens with one attached hydrogen (secondary N) is 1. The molecule has 2 aromatic heterocycles. The van der Waals surface area contributed by atoms with Crippen LogP contribution in [-0.4, -0.2) is 16.1 Å². The number of aromatic nitrogens is 2. The number of nitrogens with zero attached hydrogens (tertiary/aromatic N) is 2. The molecule has 108 valence electrons. The minimum Gasteiger partial charge on any atom is -0.473 e. The molecule has 0 atom stereocenters. The number of thiazole rings is 1. The Morgan fingerprint density at radius 1 is 1.30 bits per heavy atom. The van der Waals surface area contributed by atoms with E-state index in [0.717, 1.165) is 25.2 Å². The molecular weight excluding hydrogens is 311 g/mol. The Bertz CT molecular complexity index is 637. The van der Waals surface area contributed by atoms with Crippen molar-refractivity contribution < 1.29 is 13.2 Å². The molecule has 3 nitrogen and oxygen atoms in total. The zero-order chi connectivity index (χ0) is 15.1. The van der Waals surface area contributed by atoms with Gasteiger partial charge in [-0.25, -0.2) is 0 Å². The first-order chi connectivity index (χ1) is 9.13. The van der Waals surface area contributed by atoms with Crippen molar-refractivity contribution in [1.82, 2.24) is 9.97 Å². The highest BCUT2D eigenvalue weighted by Gasteiger charge is 2.49. The van der Waals surface area contributed by atoms with Crippen molar-refractivity contribution in [3.63, 3.8) is 0 Å². The van der Waals surface area contributed by atoms with Gasteiger partial charge in [0.1, 0.15) is 5.41 Å². The van der Waals surface area contributed by atoms with Crippen molar-refractivity contribution in [2.75, 3.05) is 0 Å². The Morgan fingerprint density at radius 3 is 2.45 bits per heavy atom. The largest absolute Gasteiger partial charge is 0.473 e. The number of rotatable bonds is 2. The highest BCUT2D eigenvalue weighted by molar-refractivity contribution is 7.19. The van der Waals surface area contributed by atoms with Crippen LogP contribution >= 0.6 is 22.9 Å². The highest BCUT2D eigenvalue weighted by Crippen LogP contribution is 2.42. The highest BCUT2D eigenvalue weighted by atomic mass is 35.5. The smallest absolute Gasteiger partial charge is 0.399 e. The topological polar surface area (TPSA) is 49.6 Å². The van der Waals surface area contributed by atoms with Gasteiger partial charge in [-0.15, -0.1) is 11.3 Å². The fraction of sp³-hybridized carbons (Fsp3) is 0.333. The van der Waals surface area contributed by atoms with Gasteiger partial charge in [0.2, 0.25) is 0 Å². The van der Waals surface area contributed by atoms with Gasteiger partial charge >= 0.3 is 6.18 Å². The van der Waals surface area contributed by atoms with Crippen LogP contribution in [-0.2, 0) is 5.41 Å². The number of alkyl halides is 3. The Hall–Kier alpha value is -1.34. The van der Waals surface area contributed by atoms with Gasteiger partial charge in [0.25, 0.3) is 0 Å². The molecule has 0 aliphatic heterocycles. The lowest BCUT2D eigenvalue weighted by Gasteiger charge is -2.27. The van der Waals surface area contributed by atoms with Crippen LogP contribution in [0, 0.1) is 0 Å². The maximum Gasteiger partial charge on any atom is 0.399 e. The molecule has 0 fully saturated rings. The molecule has 2 rings (SSSR count). The van der Waals surface area contributed by atoms with E-state index in [0.29, 0.717) is 10.4 Å². The third-order valence-corrected chi connectivity index (χ3v) is 4.26. The van der Waals surface area contributed by atoms with Gasteiger partial charge in [0, 0.05) is 16.2 Å². The lowest BCUT2D eigenvalue weighted by Crippen LogP contribution is -2.37. The van der Waals surface area contributed by atoms with Gasteiger partial charge in [0.05, 0.1) is 5.69 Å². The zero-order valence-electron chi connectivity index (χ0n) is 10.5. The molecule has 0 radical (unpaired) electrons. The Morgan fingerprint density at radius 2 is 1.95 bits per heavy atom. The second kappa shape index (κ2) is 4.89. The van der Waals surface area contributed by atoms with Crippen molar-refractivity contribution in [3.05, 3.63) is 34.9 Å². The minimum atomic E-state index is -4.41. The molecular formula is C12H10ClF3N3S-. The first kappa shape index (κ1) is 15.1. The van der Waals surface area contributed by atoms with Gasteiger partial charge in [-0.05, 0) is 36.7 Å². The van der Waals surface area contributed by atoms with Crippen molar-refractivity contribution in [2.45, 2.75) is 25.4 Å². The molecule has 0 saturated carbocycles. The summed E-state index contributed by atoms with van der Waals surface area (Å²) in [6.07, 6.45) is -3.10. The van der Waals surface area contributed by atoms with Gasteiger partial charge in [0.15, 0.2) is 0 Å². The van der Waals surface area contributed by atoms with E-state index in [9.17, 15) is 13.2 Å². The molecule has 0 aliphatic rings. The molecule has 0 aliphatic carbocycles.